The van der Waals surface area contributed by atoms with E-state index in [1.165, 1.54) is 6.20 Å². The molecule has 15 heavy (non-hydrogen) atoms. The first kappa shape index (κ1) is 11.1. The van der Waals surface area contributed by atoms with E-state index in [9.17, 15) is 9.18 Å². The first-order valence-electron chi connectivity index (χ1n) is 4.48. The van der Waals surface area contributed by atoms with Crippen LogP contribution in [0.2, 0.25) is 0 Å². The van der Waals surface area contributed by atoms with E-state index in [4.69, 9.17) is 5.26 Å². The fraction of sp³-hybridized carbons (Fsp3) is 0.300. The maximum atomic E-state index is 12.7. The number of nitriles is 1. The lowest BCUT2D eigenvalue weighted by Gasteiger charge is -2.08. The molecule has 1 unspecified atom stereocenters. The van der Waals surface area contributed by atoms with Gasteiger partial charge in [-0.05, 0) is 12.5 Å². The van der Waals surface area contributed by atoms with Gasteiger partial charge in [0.1, 0.15) is 11.9 Å². The van der Waals surface area contributed by atoms with Crippen molar-refractivity contribution in [2.24, 2.45) is 0 Å². The van der Waals surface area contributed by atoms with E-state index < -0.39 is 17.8 Å². The van der Waals surface area contributed by atoms with E-state index in [-0.39, 0.29) is 5.56 Å². The summed E-state index contributed by atoms with van der Waals surface area (Å²) in [4.78, 5) is 15.0. The van der Waals surface area contributed by atoms with Crippen molar-refractivity contribution in [3.63, 3.8) is 0 Å². The topological polar surface area (TPSA) is 65.8 Å². The first-order chi connectivity index (χ1) is 7.17. The van der Waals surface area contributed by atoms with Crippen molar-refractivity contribution in [3.05, 3.63) is 29.8 Å². The molecular weight excluding hydrogens is 197 g/mol. The summed E-state index contributed by atoms with van der Waals surface area (Å²) in [6.07, 6.45) is 2.77. The zero-order valence-corrected chi connectivity index (χ0v) is 8.20. The van der Waals surface area contributed by atoms with E-state index >= 15 is 0 Å². The number of hydrogen-bond acceptors (Lipinski definition) is 3. The molecule has 0 aliphatic rings. The van der Waals surface area contributed by atoms with Gasteiger partial charge in [-0.2, -0.15) is 5.26 Å². The number of nitrogens with one attached hydrogen (secondary N) is 1. The van der Waals surface area contributed by atoms with Gasteiger partial charge >= 0.3 is 0 Å². The van der Waals surface area contributed by atoms with Gasteiger partial charge in [0.2, 0.25) is 0 Å². The number of amides is 1. The average Bonchev–Trinajstić information content (AvgIpc) is 2.25. The van der Waals surface area contributed by atoms with Gasteiger partial charge in [-0.15, -0.1) is 0 Å². The summed E-state index contributed by atoms with van der Waals surface area (Å²) in [6, 6.07) is 2.44. The molecule has 1 aromatic rings. The fourth-order valence-corrected chi connectivity index (χ4v) is 1.00. The number of hydrogen-bond donors (Lipinski definition) is 1. The van der Waals surface area contributed by atoms with E-state index in [1.54, 1.807) is 6.92 Å². The predicted molar refractivity (Wildman–Crippen MR) is 51.4 cm³/mol. The van der Waals surface area contributed by atoms with Crippen molar-refractivity contribution >= 4 is 5.91 Å². The summed E-state index contributed by atoms with van der Waals surface area (Å²) in [7, 11) is 0. The maximum absolute atomic E-state index is 12.7. The quantitative estimate of drug-likeness (QED) is 0.811. The van der Waals surface area contributed by atoms with Gasteiger partial charge < -0.3 is 5.32 Å². The van der Waals surface area contributed by atoms with Crippen LogP contribution in [-0.4, -0.2) is 16.9 Å². The molecule has 78 valence electrons. The molecular formula is C10H10FN3O. The smallest absolute Gasteiger partial charge is 0.253 e. The third-order valence-electron chi connectivity index (χ3n) is 1.84. The van der Waals surface area contributed by atoms with Crippen molar-refractivity contribution in [1.82, 2.24) is 10.3 Å². The standard InChI is InChI=1S/C10H10FN3O/c1-2-9(4-12)14-10(15)7-3-8(11)6-13-5-7/h3,5-6,9H,2H2,1H3,(H,14,15). The summed E-state index contributed by atoms with van der Waals surface area (Å²) in [5.41, 5.74) is 0.115. The highest BCUT2D eigenvalue weighted by Gasteiger charge is 2.11. The molecule has 1 heterocycles. The molecule has 0 aromatic carbocycles. The Kier molecular flexibility index (Phi) is 3.75. The van der Waals surface area contributed by atoms with E-state index in [2.05, 4.69) is 10.3 Å². The van der Waals surface area contributed by atoms with Crippen LogP contribution in [0.4, 0.5) is 4.39 Å². The lowest BCUT2D eigenvalue weighted by molar-refractivity contribution is 0.0944. The minimum Gasteiger partial charge on any atom is -0.336 e. The second-order valence-corrected chi connectivity index (χ2v) is 2.96. The summed E-state index contributed by atoms with van der Waals surface area (Å²) in [5, 5.41) is 11.1. The summed E-state index contributed by atoms with van der Waals surface area (Å²) in [6.45, 7) is 1.78. The molecule has 0 saturated heterocycles. The Morgan fingerprint density at radius 2 is 2.47 bits per heavy atom. The third kappa shape index (κ3) is 3.02. The zero-order chi connectivity index (χ0) is 11.3. The van der Waals surface area contributed by atoms with E-state index in [0.29, 0.717) is 6.42 Å². The van der Waals surface area contributed by atoms with E-state index in [1.807, 2.05) is 6.07 Å². The molecule has 1 N–H and O–H groups in total. The Hall–Kier alpha value is -1.96. The lowest BCUT2D eigenvalue weighted by atomic mass is 10.2. The molecule has 1 amide bonds. The van der Waals surface area contributed by atoms with Crippen LogP contribution in [0, 0.1) is 17.1 Å². The first-order valence-corrected chi connectivity index (χ1v) is 4.48. The van der Waals surface area contributed by atoms with Crippen LogP contribution in [0.25, 0.3) is 0 Å². The van der Waals surface area contributed by atoms with Crippen molar-refractivity contribution in [2.75, 3.05) is 0 Å². The minimum atomic E-state index is -0.576. The Morgan fingerprint density at radius 3 is 3.00 bits per heavy atom. The molecule has 4 nitrogen and oxygen atoms in total. The molecule has 0 aliphatic heterocycles. The van der Waals surface area contributed by atoms with Gasteiger partial charge in [-0.25, -0.2) is 4.39 Å². The Morgan fingerprint density at radius 1 is 1.73 bits per heavy atom. The van der Waals surface area contributed by atoms with Gasteiger partial charge in [0.05, 0.1) is 17.8 Å². The average molecular weight is 207 g/mol. The molecule has 0 fully saturated rings. The summed E-state index contributed by atoms with van der Waals surface area (Å²) in [5.74, 6) is -1.07. The van der Waals surface area contributed by atoms with Crippen molar-refractivity contribution in [3.8, 4) is 6.07 Å². The number of nitrogens with zero attached hydrogens (tertiary/aromatic N) is 2. The van der Waals surface area contributed by atoms with Crippen LogP contribution in [0.5, 0.6) is 0 Å². The van der Waals surface area contributed by atoms with Crippen molar-refractivity contribution in [1.29, 1.82) is 5.26 Å². The Balaban J connectivity index is 2.74. The normalized spacial score (nSPS) is 11.5. The Bertz CT molecular complexity index is 400. The molecule has 0 bridgehead atoms. The number of carbonyl (C=O) groups is 1. The molecule has 1 rings (SSSR count). The van der Waals surface area contributed by atoms with Crippen LogP contribution >= 0.6 is 0 Å². The summed E-state index contributed by atoms with van der Waals surface area (Å²) < 4.78 is 12.7. The Labute approximate surface area is 86.7 Å². The molecule has 1 aromatic heterocycles. The second-order valence-electron chi connectivity index (χ2n) is 2.96. The van der Waals surface area contributed by atoms with Crippen LogP contribution < -0.4 is 5.32 Å². The zero-order valence-electron chi connectivity index (χ0n) is 8.20. The van der Waals surface area contributed by atoms with Crippen LogP contribution in [0.15, 0.2) is 18.5 Å². The highest BCUT2D eigenvalue weighted by atomic mass is 19.1. The van der Waals surface area contributed by atoms with Gasteiger partial charge in [-0.1, -0.05) is 6.92 Å². The number of halogens is 1. The van der Waals surface area contributed by atoms with Crippen LogP contribution in [-0.2, 0) is 0 Å². The molecule has 0 spiro atoms. The van der Waals surface area contributed by atoms with Crippen molar-refractivity contribution < 1.29 is 9.18 Å². The highest BCUT2D eigenvalue weighted by molar-refractivity contribution is 5.94. The van der Waals surface area contributed by atoms with Gasteiger partial charge in [0.25, 0.3) is 5.91 Å². The fourth-order valence-electron chi connectivity index (χ4n) is 1.00. The predicted octanol–water partition coefficient (Wildman–Crippen LogP) is 1.25. The van der Waals surface area contributed by atoms with Crippen molar-refractivity contribution in [2.45, 2.75) is 19.4 Å². The largest absolute Gasteiger partial charge is 0.336 e. The van der Waals surface area contributed by atoms with Crippen LogP contribution in [0.3, 0.4) is 0 Å². The lowest BCUT2D eigenvalue weighted by Crippen LogP contribution is -2.33. The SMILES string of the molecule is CCC(C#N)NC(=O)c1cncc(F)c1. The number of carbonyl (C=O) groups excluding carboxylic acids is 1. The molecule has 1 atom stereocenters. The summed E-state index contributed by atoms with van der Waals surface area (Å²) >= 11 is 0. The van der Waals surface area contributed by atoms with E-state index in [0.717, 1.165) is 12.3 Å². The van der Waals surface area contributed by atoms with Gasteiger partial charge in [-0.3, -0.25) is 9.78 Å². The molecule has 0 saturated carbocycles. The molecule has 5 heteroatoms. The highest BCUT2D eigenvalue weighted by Crippen LogP contribution is 2.01. The van der Waals surface area contributed by atoms with Gasteiger partial charge in [0.15, 0.2) is 0 Å². The monoisotopic (exact) mass is 207 g/mol. The number of rotatable bonds is 3. The molecule has 0 aliphatic carbocycles. The third-order valence-corrected chi connectivity index (χ3v) is 1.84. The maximum Gasteiger partial charge on any atom is 0.253 e. The number of pyridine rings is 1. The minimum absolute atomic E-state index is 0.115. The van der Waals surface area contributed by atoms with Crippen LogP contribution in [0.1, 0.15) is 23.7 Å². The second kappa shape index (κ2) is 5.05. The molecule has 0 radical (unpaired) electrons. The number of aromatic nitrogens is 1. The van der Waals surface area contributed by atoms with Gasteiger partial charge in [0, 0.05) is 6.20 Å².